The van der Waals surface area contributed by atoms with Gasteiger partial charge in [0.15, 0.2) is 6.29 Å². The molecule has 0 aromatic carbocycles. The summed E-state index contributed by atoms with van der Waals surface area (Å²) >= 11 is 1.29. The summed E-state index contributed by atoms with van der Waals surface area (Å²) in [6.45, 7) is 0. The molecule has 0 bridgehead atoms. The lowest BCUT2D eigenvalue weighted by Gasteiger charge is -1.82. The van der Waals surface area contributed by atoms with E-state index in [1.165, 1.54) is 11.3 Å². The second kappa shape index (κ2) is 4.43. The predicted octanol–water partition coefficient (Wildman–Crippen LogP) is 1.39. The van der Waals surface area contributed by atoms with Gasteiger partial charge in [0.1, 0.15) is 6.42 Å². The zero-order valence-electron chi connectivity index (χ0n) is 6.61. The number of aldehydes is 1. The van der Waals surface area contributed by atoms with Gasteiger partial charge >= 0.3 is 5.97 Å². The van der Waals surface area contributed by atoms with Crippen molar-refractivity contribution in [2.75, 3.05) is 0 Å². The highest BCUT2D eigenvalue weighted by atomic mass is 32.1. The van der Waals surface area contributed by atoms with Crippen LogP contribution in [0.5, 0.6) is 0 Å². The SMILES string of the molecule is O=Cc1sccc1C#CCC(=O)O. The van der Waals surface area contributed by atoms with Crippen LogP contribution >= 0.6 is 11.3 Å². The van der Waals surface area contributed by atoms with Gasteiger partial charge in [-0.2, -0.15) is 0 Å². The van der Waals surface area contributed by atoms with Crippen molar-refractivity contribution in [1.29, 1.82) is 0 Å². The quantitative estimate of drug-likeness (QED) is 0.571. The minimum Gasteiger partial charge on any atom is -0.481 e. The minimum absolute atomic E-state index is 0.200. The van der Waals surface area contributed by atoms with Gasteiger partial charge in [-0.05, 0) is 11.4 Å². The number of carboxylic acid groups (broad SMARTS) is 1. The fourth-order valence-electron chi connectivity index (χ4n) is 0.731. The first kappa shape index (κ1) is 9.49. The van der Waals surface area contributed by atoms with Crippen molar-refractivity contribution in [2.24, 2.45) is 0 Å². The second-order valence-corrected chi connectivity index (χ2v) is 3.14. The fraction of sp³-hybridized carbons (Fsp3) is 0.111. The first-order valence-electron chi connectivity index (χ1n) is 3.47. The Bertz CT molecular complexity index is 381. The molecule has 0 amide bonds. The van der Waals surface area contributed by atoms with Gasteiger partial charge in [-0.25, -0.2) is 0 Å². The van der Waals surface area contributed by atoms with Crippen LogP contribution in [0.4, 0.5) is 0 Å². The van der Waals surface area contributed by atoms with Crippen molar-refractivity contribution >= 4 is 23.6 Å². The molecule has 1 rings (SSSR count). The second-order valence-electron chi connectivity index (χ2n) is 2.19. The van der Waals surface area contributed by atoms with E-state index in [4.69, 9.17) is 5.11 Å². The molecule has 0 aliphatic rings. The molecule has 0 fully saturated rings. The third-order valence-electron chi connectivity index (χ3n) is 1.26. The van der Waals surface area contributed by atoms with E-state index in [9.17, 15) is 9.59 Å². The molecule has 0 saturated heterocycles. The van der Waals surface area contributed by atoms with Crippen LogP contribution in [0.25, 0.3) is 0 Å². The van der Waals surface area contributed by atoms with Gasteiger partial charge in [0.05, 0.1) is 4.88 Å². The Morgan fingerprint density at radius 3 is 3.08 bits per heavy atom. The molecule has 1 aromatic rings. The summed E-state index contributed by atoms with van der Waals surface area (Å²) in [5.41, 5.74) is 0.598. The topological polar surface area (TPSA) is 54.4 Å². The lowest BCUT2D eigenvalue weighted by atomic mass is 10.2. The van der Waals surface area contributed by atoms with E-state index in [0.29, 0.717) is 10.4 Å². The summed E-state index contributed by atoms with van der Waals surface area (Å²) in [4.78, 5) is 21.1. The third kappa shape index (κ3) is 2.73. The molecule has 0 atom stereocenters. The van der Waals surface area contributed by atoms with E-state index in [2.05, 4.69) is 11.8 Å². The van der Waals surface area contributed by atoms with Gasteiger partial charge in [0, 0.05) is 5.56 Å². The van der Waals surface area contributed by atoms with Crippen LogP contribution in [0, 0.1) is 11.8 Å². The van der Waals surface area contributed by atoms with Crippen LogP contribution in [-0.4, -0.2) is 17.4 Å². The van der Waals surface area contributed by atoms with Gasteiger partial charge in [0.25, 0.3) is 0 Å². The Morgan fingerprint density at radius 2 is 2.46 bits per heavy atom. The highest BCUT2D eigenvalue weighted by Crippen LogP contribution is 2.12. The molecule has 1 aromatic heterocycles. The van der Waals surface area contributed by atoms with E-state index in [1.54, 1.807) is 11.4 Å². The standard InChI is InChI=1S/C9H6O3S/c10-6-8-7(4-5-13-8)2-1-3-9(11)12/h4-6H,3H2,(H,11,12). The molecule has 1 N–H and O–H groups in total. The summed E-state index contributed by atoms with van der Waals surface area (Å²) in [6.07, 6.45) is 0.517. The number of carboxylic acids is 1. The molecule has 0 radical (unpaired) electrons. The first-order valence-corrected chi connectivity index (χ1v) is 4.35. The van der Waals surface area contributed by atoms with Crippen LogP contribution < -0.4 is 0 Å². The number of hydrogen-bond acceptors (Lipinski definition) is 3. The zero-order chi connectivity index (χ0) is 9.68. The highest BCUT2D eigenvalue weighted by molar-refractivity contribution is 7.11. The Labute approximate surface area is 79.0 Å². The van der Waals surface area contributed by atoms with Crippen LogP contribution in [0.2, 0.25) is 0 Å². The highest BCUT2D eigenvalue weighted by Gasteiger charge is 1.98. The summed E-state index contributed by atoms with van der Waals surface area (Å²) in [6, 6.07) is 1.70. The predicted molar refractivity (Wildman–Crippen MR) is 48.8 cm³/mol. The number of aliphatic carboxylic acids is 1. The minimum atomic E-state index is -0.963. The Kier molecular flexibility index (Phi) is 3.23. The van der Waals surface area contributed by atoms with Crippen molar-refractivity contribution in [3.8, 4) is 11.8 Å². The largest absolute Gasteiger partial charge is 0.481 e. The van der Waals surface area contributed by atoms with Crippen molar-refractivity contribution < 1.29 is 14.7 Å². The number of carbonyl (C=O) groups is 2. The molecule has 0 spiro atoms. The van der Waals surface area contributed by atoms with Crippen molar-refractivity contribution in [2.45, 2.75) is 6.42 Å². The monoisotopic (exact) mass is 194 g/mol. The first-order chi connectivity index (χ1) is 6.24. The summed E-state index contributed by atoms with van der Waals surface area (Å²) in [5, 5.41) is 10.0. The fourth-order valence-corrected chi connectivity index (χ4v) is 1.38. The molecular formula is C9H6O3S. The van der Waals surface area contributed by atoms with E-state index in [0.717, 1.165) is 6.29 Å². The number of rotatable bonds is 2. The third-order valence-corrected chi connectivity index (χ3v) is 2.11. The Morgan fingerprint density at radius 1 is 1.69 bits per heavy atom. The maximum absolute atomic E-state index is 10.4. The van der Waals surface area contributed by atoms with Crippen LogP contribution in [0.1, 0.15) is 21.7 Å². The average Bonchev–Trinajstić information content (AvgIpc) is 2.51. The number of thiophene rings is 1. The molecule has 0 saturated carbocycles. The zero-order valence-corrected chi connectivity index (χ0v) is 7.43. The van der Waals surface area contributed by atoms with Gasteiger partial charge in [-0.3, -0.25) is 9.59 Å². The Balaban J connectivity index is 2.76. The molecule has 0 aliphatic carbocycles. The van der Waals surface area contributed by atoms with Crippen LogP contribution in [-0.2, 0) is 4.79 Å². The van der Waals surface area contributed by atoms with E-state index < -0.39 is 5.97 Å². The molecule has 0 unspecified atom stereocenters. The van der Waals surface area contributed by atoms with Gasteiger partial charge in [-0.1, -0.05) is 11.8 Å². The van der Waals surface area contributed by atoms with Gasteiger partial charge in [-0.15, -0.1) is 11.3 Å². The van der Waals surface area contributed by atoms with E-state index in [-0.39, 0.29) is 6.42 Å². The Hall–Kier alpha value is -1.60. The number of hydrogen-bond donors (Lipinski definition) is 1. The summed E-state index contributed by atoms with van der Waals surface area (Å²) < 4.78 is 0. The average molecular weight is 194 g/mol. The lowest BCUT2D eigenvalue weighted by molar-refractivity contribution is -0.135. The van der Waals surface area contributed by atoms with Crippen LogP contribution in [0.15, 0.2) is 11.4 Å². The molecule has 4 heteroatoms. The van der Waals surface area contributed by atoms with E-state index >= 15 is 0 Å². The normalized spacial score (nSPS) is 8.62. The molecule has 13 heavy (non-hydrogen) atoms. The number of carbonyl (C=O) groups excluding carboxylic acids is 1. The van der Waals surface area contributed by atoms with Crippen molar-refractivity contribution in [3.05, 3.63) is 21.9 Å². The summed E-state index contributed by atoms with van der Waals surface area (Å²) in [7, 11) is 0. The van der Waals surface area contributed by atoms with Gasteiger partial charge in [0.2, 0.25) is 0 Å². The lowest BCUT2D eigenvalue weighted by Crippen LogP contribution is -1.90. The smallest absolute Gasteiger partial charge is 0.315 e. The summed E-state index contributed by atoms with van der Waals surface area (Å²) in [5.74, 6) is 4.12. The van der Waals surface area contributed by atoms with Crippen molar-refractivity contribution in [3.63, 3.8) is 0 Å². The van der Waals surface area contributed by atoms with Crippen molar-refractivity contribution in [1.82, 2.24) is 0 Å². The van der Waals surface area contributed by atoms with Crippen LogP contribution in [0.3, 0.4) is 0 Å². The molecular weight excluding hydrogens is 188 g/mol. The maximum Gasteiger partial charge on any atom is 0.315 e. The maximum atomic E-state index is 10.4. The molecule has 1 heterocycles. The molecule has 0 aliphatic heterocycles. The molecule has 66 valence electrons. The van der Waals surface area contributed by atoms with E-state index in [1.807, 2.05) is 0 Å². The van der Waals surface area contributed by atoms with Gasteiger partial charge < -0.3 is 5.11 Å². The molecule has 3 nitrogen and oxygen atoms in total.